The molecule has 4 rings (SSSR count). The lowest BCUT2D eigenvalue weighted by atomic mass is 9.97. The van der Waals surface area contributed by atoms with Crippen LogP contribution in [0.4, 0.5) is 11.8 Å². The fourth-order valence-corrected chi connectivity index (χ4v) is 4.64. The average molecular weight is 468 g/mol. The van der Waals surface area contributed by atoms with Gasteiger partial charge in [-0.2, -0.15) is 4.98 Å². The zero-order chi connectivity index (χ0) is 24.5. The number of nitrogens with zero attached hydrogens (tertiary/aromatic N) is 3. The van der Waals surface area contributed by atoms with E-state index in [9.17, 15) is 5.11 Å². The molecule has 0 unspecified atom stereocenters. The SMILES string of the molecule is COCc1cc2cc(-c3c(C)nc(NCC(C)(C)C)nc3N[C@@H]3C[C@H](CO)C[C@H]3C)oc2cn1. The van der Waals surface area contributed by atoms with Crippen LogP contribution < -0.4 is 10.6 Å². The summed E-state index contributed by atoms with van der Waals surface area (Å²) >= 11 is 0. The second-order valence-electron chi connectivity index (χ2n) is 10.8. The van der Waals surface area contributed by atoms with Crippen molar-refractivity contribution in [2.75, 3.05) is 30.9 Å². The number of pyridine rings is 1. The number of aromatic nitrogens is 3. The van der Waals surface area contributed by atoms with E-state index in [4.69, 9.17) is 19.1 Å². The molecule has 34 heavy (non-hydrogen) atoms. The number of methoxy groups -OCH3 is 1. The van der Waals surface area contributed by atoms with Crippen molar-refractivity contribution in [2.24, 2.45) is 17.3 Å². The summed E-state index contributed by atoms with van der Waals surface area (Å²) in [5, 5.41) is 17.7. The number of nitrogens with one attached hydrogen (secondary N) is 2. The molecule has 0 aliphatic heterocycles. The normalized spacial score (nSPS) is 20.7. The highest BCUT2D eigenvalue weighted by Crippen LogP contribution is 2.38. The Balaban J connectivity index is 1.73. The van der Waals surface area contributed by atoms with Gasteiger partial charge >= 0.3 is 0 Å². The summed E-state index contributed by atoms with van der Waals surface area (Å²) < 4.78 is 11.4. The molecule has 0 amide bonds. The molecular weight excluding hydrogens is 430 g/mol. The van der Waals surface area contributed by atoms with Crippen LogP contribution in [-0.4, -0.2) is 46.4 Å². The van der Waals surface area contributed by atoms with Gasteiger partial charge in [-0.15, -0.1) is 0 Å². The molecule has 3 atom stereocenters. The van der Waals surface area contributed by atoms with Gasteiger partial charge in [0.2, 0.25) is 5.95 Å². The van der Waals surface area contributed by atoms with Crippen molar-refractivity contribution in [2.45, 2.75) is 60.1 Å². The van der Waals surface area contributed by atoms with Crippen molar-refractivity contribution < 1.29 is 14.3 Å². The molecule has 3 aromatic rings. The number of aryl methyl sites for hydroxylation is 1. The van der Waals surface area contributed by atoms with Crippen LogP contribution in [0.3, 0.4) is 0 Å². The van der Waals surface area contributed by atoms with Crippen molar-refractivity contribution in [3.63, 3.8) is 0 Å². The van der Waals surface area contributed by atoms with E-state index in [-0.39, 0.29) is 18.1 Å². The number of fused-ring (bicyclic) bond motifs is 1. The van der Waals surface area contributed by atoms with Crippen LogP contribution in [-0.2, 0) is 11.3 Å². The summed E-state index contributed by atoms with van der Waals surface area (Å²) in [6.45, 7) is 12.2. The quantitative estimate of drug-likeness (QED) is 0.424. The van der Waals surface area contributed by atoms with E-state index in [1.807, 2.05) is 19.1 Å². The molecule has 1 fully saturated rings. The largest absolute Gasteiger partial charge is 0.454 e. The Morgan fingerprint density at radius 3 is 2.68 bits per heavy atom. The van der Waals surface area contributed by atoms with Gasteiger partial charge in [-0.3, -0.25) is 4.98 Å². The third-order valence-electron chi connectivity index (χ3n) is 6.43. The molecule has 0 spiro atoms. The lowest BCUT2D eigenvalue weighted by Gasteiger charge is -2.22. The first kappa shape index (κ1) is 24.4. The van der Waals surface area contributed by atoms with Crippen LogP contribution >= 0.6 is 0 Å². The van der Waals surface area contributed by atoms with Gasteiger partial charge in [0.05, 0.1) is 29.8 Å². The van der Waals surface area contributed by atoms with Crippen LogP contribution in [0, 0.1) is 24.2 Å². The number of furan rings is 1. The molecule has 0 radical (unpaired) electrons. The number of hydrogen-bond acceptors (Lipinski definition) is 8. The van der Waals surface area contributed by atoms with E-state index in [1.54, 1.807) is 13.3 Å². The first-order valence-corrected chi connectivity index (χ1v) is 12.0. The molecule has 3 N–H and O–H groups in total. The Hall–Kier alpha value is -2.71. The van der Waals surface area contributed by atoms with Crippen molar-refractivity contribution in [1.82, 2.24) is 15.0 Å². The summed E-state index contributed by atoms with van der Waals surface area (Å²) in [5.41, 5.74) is 3.35. The maximum Gasteiger partial charge on any atom is 0.224 e. The Morgan fingerprint density at radius 2 is 2.00 bits per heavy atom. The Morgan fingerprint density at radius 1 is 1.21 bits per heavy atom. The average Bonchev–Trinajstić information content (AvgIpc) is 3.34. The third kappa shape index (κ3) is 5.50. The summed E-state index contributed by atoms with van der Waals surface area (Å²) in [6, 6.07) is 4.23. The highest BCUT2D eigenvalue weighted by atomic mass is 16.5. The highest BCUT2D eigenvalue weighted by molar-refractivity contribution is 5.86. The molecule has 0 saturated heterocycles. The minimum absolute atomic E-state index is 0.101. The topological polar surface area (TPSA) is 105 Å². The predicted octanol–water partition coefficient (Wildman–Crippen LogP) is 5.02. The number of hydrogen-bond donors (Lipinski definition) is 3. The minimum Gasteiger partial charge on any atom is -0.454 e. The van der Waals surface area contributed by atoms with Gasteiger partial charge in [-0.25, -0.2) is 4.98 Å². The van der Waals surface area contributed by atoms with Gasteiger partial charge in [-0.1, -0.05) is 27.7 Å². The van der Waals surface area contributed by atoms with Crippen LogP contribution in [0.2, 0.25) is 0 Å². The van der Waals surface area contributed by atoms with E-state index in [2.05, 4.69) is 43.3 Å². The molecule has 8 heteroatoms. The smallest absolute Gasteiger partial charge is 0.224 e. The number of aliphatic hydroxyl groups is 1. The zero-order valence-corrected chi connectivity index (χ0v) is 21.1. The summed E-state index contributed by atoms with van der Waals surface area (Å²) in [4.78, 5) is 14.1. The first-order valence-electron chi connectivity index (χ1n) is 12.0. The van der Waals surface area contributed by atoms with Gasteiger partial charge in [-0.05, 0) is 49.1 Å². The van der Waals surface area contributed by atoms with Crippen molar-refractivity contribution in [3.05, 3.63) is 29.7 Å². The summed E-state index contributed by atoms with van der Waals surface area (Å²) in [7, 11) is 1.66. The minimum atomic E-state index is 0.101. The summed E-state index contributed by atoms with van der Waals surface area (Å²) in [6.07, 6.45) is 3.65. The van der Waals surface area contributed by atoms with Gasteiger partial charge in [0.1, 0.15) is 11.6 Å². The van der Waals surface area contributed by atoms with Crippen molar-refractivity contribution >= 4 is 22.7 Å². The molecule has 3 heterocycles. The second-order valence-corrected chi connectivity index (χ2v) is 10.8. The number of aliphatic hydroxyl groups excluding tert-OH is 1. The van der Waals surface area contributed by atoms with E-state index < -0.39 is 0 Å². The molecule has 1 saturated carbocycles. The zero-order valence-electron chi connectivity index (χ0n) is 21.1. The monoisotopic (exact) mass is 467 g/mol. The van der Waals surface area contributed by atoms with E-state index in [1.165, 1.54) is 0 Å². The van der Waals surface area contributed by atoms with Gasteiger partial charge in [0, 0.05) is 31.7 Å². The fourth-order valence-electron chi connectivity index (χ4n) is 4.64. The highest BCUT2D eigenvalue weighted by Gasteiger charge is 2.32. The van der Waals surface area contributed by atoms with Crippen LogP contribution in [0.25, 0.3) is 22.3 Å². The third-order valence-corrected chi connectivity index (χ3v) is 6.43. The lowest BCUT2D eigenvalue weighted by Crippen LogP contribution is -2.25. The van der Waals surface area contributed by atoms with Crippen molar-refractivity contribution in [1.29, 1.82) is 0 Å². The Labute approximate surface area is 201 Å². The van der Waals surface area contributed by atoms with Crippen LogP contribution in [0.1, 0.15) is 51.9 Å². The Kier molecular flexibility index (Phi) is 7.09. The van der Waals surface area contributed by atoms with Gasteiger partial charge < -0.3 is 24.9 Å². The van der Waals surface area contributed by atoms with Crippen LogP contribution in [0.15, 0.2) is 22.7 Å². The molecule has 0 aromatic carbocycles. The fraction of sp³-hybridized carbons (Fsp3) is 0.577. The second kappa shape index (κ2) is 9.88. The maximum atomic E-state index is 9.68. The summed E-state index contributed by atoms with van der Waals surface area (Å²) in [5.74, 6) is 2.81. The maximum absolute atomic E-state index is 9.68. The van der Waals surface area contributed by atoms with Gasteiger partial charge in [0.25, 0.3) is 0 Å². The van der Waals surface area contributed by atoms with Gasteiger partial charge in [0.15, 0.2) is 5.58 Å². The Bertz CT molecular complexity index is 1140. The molecule has 184 valence electrons. The first-order chi connectivity index (χ1) is 16.2. The molecule has 1 aliphatic carbocycles. The van der Waals surface area contributed by atoms with Crippen LogP contribution in [0.5, 0.6) is 0 Å². The standard InChI is InChI=1S/C26H37N5O3/c1-15-7-17(12-32)8-20(15)30-24-23(16(2)29-25(31-24)28-14-26(3,4)5)21-10-18-9-19(13-33-6)27-11-22(18)34-21/h9-11,15,17,20,32H,7-8,12-14H2,1-6H3,(H2,28,29,30,31)/t15-,17-,20-/m1/s1. The molecule has 3 aromatic heterocycles. The molecule has 8 nitrogen and oxygen atoms in total. The molecule has 1 aliphatic rings. The molecular formula is C26H37N5O3. The molecule has 0 bridgehead atoms. The van der Waals surface area contributed by atoms with E-state index >= 15 is 0 Å². The predicted molar refractivity (Wildman–Crippen MR) is 135 cm³/mol. The van der Waals surface area contributed by atoms with Crippen molar-refractivity contribution in [3.8, 4) is 11.3 Å². The van der Waals surface area contributed by atoms with E-state index in [0.29, 0.717) is 35.7 Å². The number of rotatable bonds is 8. The number of anilines is 2. The lowest BCUT2D eigenvalue weighted by molar-refractivity contribution is 0.181. The number of ether oxygens (including phenoxy) is 1. The van der Waals surface area contributed by atoms with E-state index in [0.717, 1.165) is 47.5 Å².